The Morgan fingerprint density at radius 1 is 1.31 bits per heavy atom. The minimum atomic E-state index is -0.0554. The van der Waals surface area contributed by atoms with Crippen molar-refractivity contribution in [2.75, 3.05) is 19.6 Å². The average molecular weight is 224 g/mol. The van der Waals surface area contributed by atoms with Crippen LogP contribution in [0.4, 0.5) is 0 Å². The summed E-state index contributed by atoms with van der Waals surface area (Å²) in [6.07, 6.45) is 2.61. The number of hydrogen-bond donors (Lipinski definition) is 1. The second kappa shape index (κ2) is 6.43. The zero-order valence-corrected chi connectivity index (χ0v) is 9.92. The molecule has 0 aromatic rings. The van der Waals surface area contributed by atoms with Gasteiger partial charge in [-0.25, -0.2) is 0 Å². The lowest BCUT2D eigenvalue weighted by molar-refractivity contribution is -0.143. The maximum absolute atomic E-state index is 11.7. The van der Waals surface area contributed by atoms with Crippen molar-refractivity contribution in [3.8, 4) is 0 Å². The molecule has 1 saturated heterocycles. The number of likely N-dealkylation sites (tertiary alicyclic amines) is 1. The molecule has 2 amide bonds. The van der Waals surface area contributed by atoms with E-state index in [1.54, 1.807) is 0 Å². The van der Waals surface area contributed by atoms with E-state index in [9.17, 15) is 9.59 Å². The lowest BCUT2D eigenvalue weighted by atomic mass is 10.2. The molecule has 0 radical (unpaired) electrons. The molecule has 0 saturated carbocycles. The summed E-state index contributed by atoms with van der Waals surface area (Å²) in [7, 11) is 0. The fourth-order valence-corrected chi connectivity index (χ4v) is 1.72. The molecular weight excluding hydrogens is 204 g/mol. The zero-order chi connectivity index (χ0) is 12.0. The minimum absolute atomic E-state index is 0.0554. The van der Waals surface area contributed by atoms with Crippen molar-refractivity contribution >= 4 is 11.8 Å². The first-order valence-corrected chi connectivity index (χ1v) is 5.85. The fourth-order valence-electron chi connectivity index (χ4n) is 1.72. The topological polar surface area (TPSA) is 49.4 Å². The van der Waals surface area contributed by atoms with Gasteiger partial charge in [0.05, 0.1) is 6.54 Å². The van der Waals surface area contributed by atoms with Crippen LogP contribution in [-0.2, 0) is 9.59 Å². The van der Waals surface area contributed by atoms with Gasteiger partial charge >= 0.3 is 0 Å². The number of likely N-dealkylation sites (N-methyl/N-ethyl adjacent to an activating group) is 1. The van der Waals surface area contributed by atoms with Gasteiger partial charge in [-0.15, -0.1) is 0 Å². The van der Waals surface area contributed by atoms with Crippen LogP contribution in [0.3, 0.4) is 0 Å². The molecule has 4 heteroatoms. The number of carbonyl (C=O) groups is 2. The highest BCUT2D eigenvalue weighted by Crippen LogP contribution is 2.13. The molecule has 0 atom stereocenters. The predicted octanol–water partition coefficient (Wildman–Crippen LogP) is 1.08. The van der Waals surface area contributed by atoms with Gasteiger partial charge in [0.2, 0.25) is 11.8 Å². The third-order valence-electron chi connectivity index (χ3n) is 2.64. The first-order chi connectivity index (χ1) is 7.65. The lowest BCUT2D eigenvalue weighted by Crippen LogP contribution is -2.38. The van der Waals surface area contributed by atoms with Crippen LogP contribution >= 0.6 is 0 Å². The molecule has 4 nitrogen and oxygen atoms in total. The normalized spacial score (nSPS) is 17.4. The van der Waals surface area contributed by atoms with E-state index in [0.717, 1.165) is 25.0 Å². The summed E-state index contributed by atoms with van der Waals surface area (Å²) in [4.78, 5) is 24.7. The molecule has 1 aliphatic rings. The smallest absolute Gasteiger partial charge is 0.229 e. The monoisotopic (exact) mass is 224 g/mol. The van der Waals surface area contributed by atoms with Crippen molar-refractivity contribution in [3.63, 3.8) is 0 Å². The Morgan fingerprint density at radius 2 is 1.88 bits per heavy atom. The van der Waals surface area contributed by atoms with Crippen molar-refractivity contribution in [3.05, 3.63) is 12.2 Å². The van der Waals surface area contributed by atoms with Crippen LogP contribution in [0.2, 0.25) is 0 Å². The Labute approximate surface area is 96.7 Å². The summed E-state index contributed by atoms with van der Waals surface area (Å²) in [5.74, 6) is -0.111. The van der Waals surface area contributed by atoms with Crippen LogP contribution in [0.5, 0.6) is 0 Å². The SMILES string of the molecule is C=C(CNCC)CN1C(=O)CCCCC1=O. The van der Waals surface area contributed by atoms with Gasteiger partial charge in [0.25, 0.3) is 0 Å². The molecule has 0 aliphatic carbocycles. The van der Waals surface area contributed by atoms with Gasteiger partial charge < -0.3 is 5.32 Å². The van der Waals surface area contributed by atoms with E-state index in [1.807, 2.05) is 6.92 Å². The number of hydrogen-bond acceptors (Lipinski definition) is 3. The van der Waals surface area contributed by atoms with Crippen LogP contribution in [-0.4, -0.2) is 36.3 Å². The summed E-state index contributed by atoms with van der Waals surface area (Å²) >= 11 is 0. The average Bonchev–Trinajstić information content (AvgIpc) is 2.41. The van der Waals surface area contributed by atoms with Gasteiger partial charge in [-0.1, -0.05) is 13.5 Å². The van der Waals surface area contributed by atoms with E-state index in [2.05, 4.69) is 11.9 Å². The lowest BCUT2D eigenvalue weighted by Gasteiger charge is -2.20. The third kappa shape index (κ3) is 3.77. The molecule has 1 heterocycles. The van der Waals surface area contributed by atoms with Crippen molar-refractivity contribution in [1.82, 2.24) is 10.2 Å². The van der Waals surface area contributed by atoms with Gasteiger partial charge in [-0.05, 0) is 25.0 Å². The Balaban J connectivity index is 2.51. The number of nitrogens with zero attached hydrogens (tertiary/aromatic N) is 1. The van der Waals surface area contributed by atoms with Gasteiger partial charge in [0.15, 0.2) is 0 Å². The molecule has 1 rings (SSSR count). The minimum Gasteiger partial charge on any atom is -0.313 e. The Kier molecular flexibility index (Phi) is 5.19. The van der Waals surface area contributed by atoms with Crippen LogP contribution in [0.15, 0.2) is 12.2 Å². The molecule has 0 aromatic heterocycles. The quantitative estimate of drug-likeness (QED) is 0.561. The van der Waals surface area contributed by atoms with E-state index in [-0.39, 0.29) is 11.8 Å². The molecule has 1 aliphatic heterocycles. The Hall–Kier alpha value is -1.16. The molecule has 1 N–H and O–H groups in total. The summed E-state index contributed by atoms with van der Waals surface area (Å²) in [6.45, 7) is 7.77. The van der Waals surface area contributed by atoms with Crippen molar-refractivity contribution in [2.24, 2.45) is 0 Å². The van der Waals surface area contributed by atoms with Crippen LogP contribution in [0.1, 0.15) is 32.6 Å². The number of rotatable bonds is 5. The van der Waals surface area contributed by atoms with E-state index < -0.39 is 0 Å². The summed E-state index contributed by atoms with van der Waals surface area (Å²) in [5, 5.41) is 3.13. The van der Waals surface area contributed by atoms with Crippen LogP contribution in [0.25, 0.3) is 0 Å². The second-order valence-electron chi connectivity index (χ2n) is 4.11. The molecule has 0 unspecified atom stereocenters. The molecular formula is C12H20N2O2. The van der Waals surface area contributed by atoms with E-state index in [4.69, 9.17) is 0 Å². The molecule has 90 valence electrons. The molecule has 1 fully saturated rings. The number of carbonyl (C=O) groups excluding carboxylic acids is 2. The highest BCUT2D eigenvalue weighted by Gasteiger charge is 2.23. The van der Waals surface area contributed by atoms with Gasteiger partial charge in [0.1, 0.15) is 0 Å². The maximum atomic E-state index is 11.7. The molecule has 16 heavy (non-hydrogen) atoms. The molecule has 0 aromatic carbocycles. The van der Waals surface area contributed by atoms with Crippen molar-refractivity contribution in [2.45, 2.75) is 32.6 Å². The number of imide groups is 1. The van der Waals surface area contributed by atoms with Crippen LogP contribution in [0, 0.1) is 0 Å². The fraction of sp³-hybridized carbons (Fsp3) is 0.667. The summed E-state index contributed by atoms with van der Waals surface area (Å²) in [5.41, 5.74) is 0.880. The highest BCUT2D eigenvalue weighted by molar-refractivity contribution is 5.96. The Morgan fingerprint density at radius 3 is 2.38 bits per heavy atom. The zero-order valence-electron chi connectivity index (χ0n) is 9.92. The van der Waals surface area contributed by atoms with E-state index >= 15 is 0 Å². The summed E-state index contributed by atoms with van der Waals surface area (Å²) in [6, 6.07) is 0. The standard InChI is InChI=1S/C12H20N2O2/c1-3-13-8-10(2)9-14-11(15)6-4-5-7-12(14)16/h13H,2-9H2,1H3. The first kappa shape index (κ1) is 12.9. The predicted molar refractivity (Wildman–Crippen MR) is 62.9 cm³/mol. The van der Waals surface area contributed by atoms with Crippen molar-refractivity contribution in [1.29, 1.82) is 0 Å². The van der Waals surface area contributed by atoms with Gasteiger partial charge in [-0.2, -0.15) is 0 Å². The van der Waals surface area contributed by atoms with Crippen molar-refractivity contribution < 1.29 is 9.59 Å². The Bertz CT molecular complexity index is 269. The second-order valence-corrected chi connectivity index (χ2v) is 4.11. The van der Waals surface area contributed by atoms with Crippen LogP contribution < -0.4 is 5.32 Å². The number of nitrogens with one attached hydrogen (secondary N) is 1. The highest BCUT2D eigenvalue weighted by atomic mass is 16.2. The third-order valence-corrected chi connectivity index (χ3v) is 2.64. The van der Waals surface area contributed by atoms with E-state index in [0.29, 0.717) is 25.9 Å². The van der Waals surface area contributed by atoms with Gasteiger partial charge in [-0.3, -0.25) is 14.5 Å². The maximum Gasteiger partial charge on any atom is 0.229 e. The molecule has 0 spiro atoms. The number of amides is 2. The van der Waals surface area contributed by atoms with E-state index in [1.165, 1.54) is 4.90 Å². The first-order valence-electron chi connectivity index (χ1n) is 5.85. The summed E-state index contributed by atoms with van der Waals surface area (Å²) < 4.78 is 0. The largest absolute Gasteiger partial charge is 0.313 e. The molecule has 0 bridgehead atoms. The van der Waals surface area contributed by atoms with Gasteiger partial charge in [0, 0.05) is 19.4 Å².